The molecule has 1 aliphatic heterocycles. The average molecular weight is 366 g/mol. The Morgan fingerprint density at radius 2 is 1.69 bits per heavy atom. The molecule has 2 aromatic carbocycles. The van der Waals surface area contributed by atoms with Gasteiger partial charge in [0.15, 0.2) is 0 Å². The molecule has 0 amide bonds. The van der Waals surface area contributed by atoms with Crippen LogP contribution in [-0.2, 0) is 0 Å². The lowest BCUT2D eigenvalue weighted by Crippen LogP contribution is -2.30. The van der Waals surface area contributed by atoms with Crippen LogP contribution in [0.15, 0.2) is 48.7 Å². The Kier molecular flexibility index (Phi) is 5.22. The molecule has 1 aliphatic rings. The molecule has 134 valence electrons. The highest BCUT2D eigenvalue weighted by Crippen LogP contribution is 2.26. The molecule has 4 rings (SSSR count). The molecule has 2 N–H and O–H groups in total. The van der Waals surface area contributed by atoms with Crippen LogP contribution in [0.3, 0.4) is 0 Å². The highest BCUT2D eigenvalue weighted by atomic mass is 32.2. The molecule has 1 saturated heterocycles. The maximum Gasteiger partial charge on any atom is 0.147 e. The zero-order chi connectivity index (χ0) is 17.8. The Labute approximate surface area is 158 Å². The topological polar surface area (TPSA) is 53.1 Å². The van der Waals surface area contributed by atoms with Gasteiger partial charge in [-0.1, -0.05) is 18.2 Å². The summed E-state index contributed by atoms with van der Waals surface area (Å²) < 4.78 is 6.23. The van der Waals surface area contributed by atoms with Gasteiger partial charge in [-0.3, -0.25) is 4.98 Å². The van der Waals surface area contributed by atoms with Crippen molar-refractivity contribution < 1.29 is 0 Å². The molecule has 0 aliphatic carbocycles. The van der Waals surface area contributed by atoms with Crippen LogP contribution in [0.4, 0.5) is 11.5 Å². The number of hydrogen-bond donors (Lipinski definition) is 2. The second kappa shape index (κ2) is 7.93. The molecule has 0 bridgehead atoms. The van der Waals surface area contributed by atoms with Crippen LogP contribution >= 0.6 is 12.1 Å². The fourth-order valence-corrected chi connectivity index (χ4v) is 3.65. The number of aromatic nitrogens is 2. The standard InChI is InChI=1S/C20H23N5S/c1-21-26-24-17-8-5-15(6-9-17)16-7-10-18-19(13-16)23-20(14-22-18)25-11-3-2-4-12-25/h5-10,13-14,21,24H,2-4,11-12H2,1H3. The quantitative estimate of drug-likeness (QED) is 0.650. The Morgan fingerprint density at radius 3 is 2.46 bits per heavy atom. The molecule has 1 aromatic heterocycles. The third-order valence-corrected chi connectivity index (χ3v) is 5.24. The zero-order valence-electron chi connectivity index (χ0n) is 14.9. The normalized spacial score (nSPS) is 14.6. The Hall–Kier alpha value is -2.31. The predicted molar refractivity (Wildman–Crippen MR) is 111 cm³/mol. The van der Waals surface area contributed by atoms with Crippen molar-refractivity contribution in [2.45, 2.75) is 19.3 Å². The van der Waals surface area contributed by atoms with E-state index in [0.717, 1.165) is 41.2 Å². The fraction of sp³-hybridized carbons (Fsp3) is 0.300. The van der Waals surface area contributed by atoms with E-state index in [1.807, 2.05) is 13.2 Å². The van der Waals surface area contributed by atoms with Crippen molar-refractivity contribution in [3.05, 3.63) is 48.7 Å². The summed E-state index contributed by atoms with van der Waals surface area (Å²) in [4.78, 5) is 11.8. The van der Waals surface area contributed by atoms with Crippen LogP contribution < -0.4 is 14.3 Å². The summed E-state index contributed by atoms with van der Waals surface area (Å²) in [5, 5.41) is 0. The zero-order valence-corrected chi connectivity index (χ0v) is 15.7. The summed E-state index contributed by atoms with van der Waals surface area (Å²) in [6.07, 6.45) is 5.71. The van der Waals surface area contributed by atoms with Gasteiger partial charge in [-0.25, -0.2) is 9.71 Å². The van der Waals surface area contributed by atoms with Gasteiger partial charge in [0.05, 0.1) is 17.2 Å². The molecule has 0 spiro atoms. The third kappa shape index (κ3) is 3.76. The van der Waals surface area contributed by atoms with Gasteiger partial charge in [0, 0.05) is 30.9 Å². The first-order chi connectivity index (χ1) is 12.8. The third-order valence-electron chi connectivity index (χ3n) is 4.70. The molecule has 0 atom stereocenters. The van der Waals surface area contributed by atoms with E-state index in [-0.39, 0.29) is 0 Å². The van der Waals surface area contributed by atoms with E-state index >= 15 is 0 Å². The minimum absolute atomic E-state index is 0.943. The van der Waals surface area contributed by atoms with E-state index in [9.17, 15) is 0 Å². The van der Waals surface area contributed by atoms with Crippen LogP contribution in [0.2, 0.25) is 0 Å². The molecule has 2 heterocycles. The lowest BCUT2D eigenvalue weighted by Gasteiger charge is -2.27. The summed E-state index contributed by atoms with van der Waals surface area (Å²) in [7, 11) is 1.89. The number of fused-ring (bicyclic) bond motifs is 1. The lowest BCUT2D eigenvalue weighted by molar-refractivity contribution is 0.573. The van der Waals surface area contributed by atoms with Gasteiger partial charge >= 0.3 is 0 Å². The van der Waals surface area contributed by atoms with E-state index in [1.54, 1.807) is 0 Å². The minimum Gasteiger partial charge on any atom is -0.355 e. The monoisotopic (exact) mass is 365 g/mol. The SMILES string of the molecule is CNSNc1ccc(-c2ccc3ncc(N4CCCCC4)nc3c2)cc1. The van der Waals surface area contributed by atoms with Gasteiger partial charge in [0.1, 0.15) is 5.82 Å². The first-order valence-corrected chi connectivity index (χ1v) is 9.86. The predicted octanol–water partition coefficient (Wildman–Crippen LogP) is 4.48. The second-order valence-electron chi connectivity index (χ2n) is 6.47. The molecule has 3 aromatic rings. The molecule has 0 saturated carbocycles. The maximum absolute atomic E-state index is 4.88. The van der Waals surface area contributed by atoms with Crippen molar-refractivity contribution in [3.8, 4) is 11.1 Å². The number of anilines is 2. The number of benzene rings is 2. The Morgan fingerprint density at radius 1 is 0.923 bits per heavy atom. The fourth-order valence-electron chi connectivity index (χ4n) is 3.30. The van der Waals surface area contributed by atoms with Crippen LogP contribution in [0.25, 0.3) is 22.2 Å². The van der Waals surface area contributed by atoms with E-state index in [0.29, 0.717) is 0 Å². The average Bonchev–Trinajstić information content (AvgIpc) is 2.72. The smallest absolute Gasteiger partial charge is 0.147 e. The number of nitrogens with zero attached hydrogens (tertiary/aromatic N) is 3. The van der Waals surface area contributed by atoms with E-state index in [1.165, 1.54) is 37.0 Å². The van der Waals surface area contributed by atoms with Crippen molar-refractivity contribution in [2.24, 2.45) is 0 Å². The molecule has 6 heteroatoms. The first kappa shape index (κ1) is 17.1. The summed E-state index contributed by atoms with van der Waals surface area (Å²) in [6, 6.07) is 14.7. The molecule has 26 heavy (non-hydrogen) atoms. The second-order valence-corrected chi connectivity index (χ2v) is 7.28. The van der Waals surface area contributed by atoms with Crippen LogP contribution in [0, 0.1) is 0 Å². The lowest BCUT2D eigenvalue weighted by atomic mass is 10.0. The van der Waals surface area contributed by atoms with Crippen molar-refractivity contribution >= 4 is 34.7 Å². The van der Waals surface area contributed by atoms with Gasteiger partial charge in [-0.05, 0) is 61.7 Å². The van der Waals surface area contributed by atoms with E-state index < -0.39 is 0 Å². The molecule has 1 fully saturated rings. The van der Waals surface area contributed by atoms with E-state index in [4.69, 9.17) is 4.98 Å². The van der Waals surface area contributed by atoms with Crippen molar-refractivity contribution in [2.75, 3.05) is 29.8 Å². The highest BCUT2D eigenvalue weighted by molar-refractivity contribution is 7.98. The maximum atomic E-state index is 4.88. The highest BCUT2D eigenvalue weighted by Gasteiger charge is 2.13. The van der Waals surface area contributed by atoms with Crippen molar-refractivity contribution in [1.82, 2.24) is 14.7 Å². The van der Waals surface area contributed by atoms with Gasteiger partial charge < -0.3 is 9.62 Å². The summed E-state index contributed by atoms with van der Waals surface area (Å²) in [5.74, 6) is 0.998. The largest absolute Gasteiger partial charge is 0.355 e. The summed E-state index contributed by atoms with van der Waals surface area (Å²) in [5.41, 5.74) is 5.31. The molecular weight excluding hydrogens is 342 g/mol. The molecular formula is C20H23N5S. The number of hydrogen-bond acceptors (Lipinski definition) is 6. The molecule has 0 unspecified atom stereocenters. The number of nitrogens with one attached hydrogen (secondary N) is 2. The van der Waals surface area contributed by atoms with Crippen LogP contribution in [-0.4, -0.2) is 30.1 Å². The Balaban J connectivity index is 1.61. The molecule has 5 nitrogen and oxygen atoms in total. The number of rotatable bonds is 5. The summed E-state index contributed by atoms with van der Waals surface area (Å²) >= 11 is 1.46. The van der Waals surface area contributed by atoms with Gasteiger partial charge in [0.25, 0.3) is 0 Å². The number of piperidine rings is 1. The van der Waals surface area contributed by atoms with Gasteiger partial charge in [0.2, 0.25) is 0 Å². The van der Waals surface area contributed by atoms with E-state index in [2.05, 4.69) is 61.8 Å². The first-order valence-electron chi connectivity index (χ1n) is 9.04. The Bertz CT molecular complexity index is 875. The minimum atomic E-state index is 0.943. The van der Waals surface area contributed by atoms with Crippen molar-refractivity contribution in [3.63, 3.8) is 0 Å². The molecule has 0 radical (unpaired) electrons. The van der Waals surface area contributed by atoms with Crippen LogP contribution in [0.1, 0.15) is 19.3 Å². The summed E-state index contributed by atoms with van der Waals surface area (Å²) in [6.45, 7) is 2.16. The van der Waals surface area contributed by atoms with Crippen LogP contribution in [0.5, 0.6) is 0 Å². The van der Waals surface area contributed by atoms with Gasteiger partial charge in [-0.2, -0.15) is 0 Å². The van der Waals surface area contributed by atoms with Crippen molar-refractivity contribution in [1.29, 1.82) is 0 Å². The van der Waals surface area contributed by atoms with Gasteiger partial charge in [-0.15, -0.1) is 0 Å².